The van der Waals surface area contributed by atoms with Crippen LogP contribution in [0.4, 0.5) is 0 Å². The number of nitrogens with zero attached hydrogens (tertiary/aromatic N) is 1. The number of hydrogen-bond acceptors (Lipinski definition) is 4. The first kappa shape index (κ1) is 10.1. The lowest BCUT2D eigenvalue weighted by molar-refractivity contribution is -0.144. The highest BCUT2D eigenvalue weighted by Gasteiger charge is 2.60. The van der Waals surface area contributed by atoms with Crippen LogP contribution >= 0.6 is 0 Å². The molecule has 1 fully saturated rings. The number of carbonyl (C=O) groups excluding carboxylic acids is 1. The maximum Gasteiger partial charge on any atom is 0.326 e. The highest BCUT2D eigenvalue weighted by molar-refractivity contribution is 5.86. The molecule has 15 heavy (non-hydrogen) atoms. The summed E-state index contributed by atoms with van der Waals surface area (Å²) in [6, 6.07) is 3.87. The number of pyridine rings is 1. The van der Waals surface area contributed by atoms with E-state index in [0.29, 0.717) is 0 Å². The molecule has 1 aliphatic rings. The molecule has 0 bridgehead atoms. The van der Waals surface area contributed by atoms with Gasteiger partial charge in [0.25, 0.3) is 0 Å². The summed E-state index contributed by atoms with van der Waals surface area (Å²) < 4.78 is 4.80. The van der Waals surface area contributed by atoms with Crippen molar-refractivity contribution in [3.05, 3.63) is 30.1 Å². The van der Waals surface area contributed by atoms with Crippen LogP contribution in [0.15, 0.2) is 24.5 Å². The lowest BCUT2D eigenvalue weighted by Crippen LogP contribution is -2.39. The fourth-order valence-electron chi connectivity index (χ4n) is 2.03. The Morgan fingerprint density at radius 3 is 3.07 bits per heavy atom. The third kappa shape index (κ3) is 1.51. The zero-order valence-electron chi connectivity index (χ0n) is 8.86. The van der Waals surface area contributed by atoms with Gasteiger partial charge in [-0.1, -0.05) is 6.07 Å². The Labute approximate surface area is 88.7 Å². The second-order valence-corrected chi connectivity index (χ2v) is 3.76. The molecule has 0 amide bonds. The van der Waals surface area contributed by atoms with E-state index in [0.717, 1.165) is 12.0 Å². The largest absolute Gasteiger partial charge is 0.468 e. The molecule has 1 aromatic heterocycles. The zero-order chi connectivity index (χ0) is 10.9. The number of ether oxygens (including phenoxy) is 1. The average molecular weight is 206 g/mol. The van der Waals surface area contributed by atoms with Crippen molar-refractivity contribution >= 4 is 5.97 Å². The van der Waals surface area contributed by atoms with Crippen LogP contribution in [0.3, 0.4) is 0 Å². The number of nitrogens with one attached hydrogen (secondary N) is 1. The van der Waals surface area contributed by atoms with Gasteiger partial charge in [-0.05, 0) is 25.1 Å². The van der Waals surface area contributed by atoms with E-state index in [1.54, 1.807) is 19.4 Å². The van der Waals surface area contributed by atoms with Crippen molar-refractivity contribution in [2.24, 2.45) is 0 Å². The summed E-state index contributed by atoms with van der Waals surface area (Å²) in [5, 5.41) is 3.05. The summed E-state index contributed by atoms with van der Waals surface area (Å²) in [6.45, 7) is 0. The van der Waals surface area contributed by atoms with Gasteiger partial charge in [-0.15, -0.1) is 0 Å². The standard InChI is InChI=1S/C11H14N2O2/c1-12-11(10(14)15-2)6-9(11)8-4-3-5-13-7-8/h3-5,7,9,12H,6H2,1-2H3. The number of methoxy groups -OCH3 is 1. The van der Waals surface area contributed by atoms with E-state index in [2.05, 4.69) is 10.3 Å². The molecular weight excluding hydrogens is 192 g/mol. The van der Waals surface area contributed by atoms with Crippen LogP contribution in [0.5, 0.6) is 0 Å². The molecule has 80 valence electrons. The Kier molecular flexibility index (Phi) is 2.44. The van der Waals surface area contributed by atoms with Gasteiger partial charge in [0, 0.05) is 18.3 Å². The van der Waals surface area contributed by atoms with E-state index in [1.807, 2.05) is 12.1 Å². The molecule has 1 saturated carbocycles. The molecule has 2 rings (SSSR count). The zero-order valence-corrected chi connectivity index (χ0v) is 8.86. The van der Waals surface area contributed by atoms with Crippen LogP contribution in [0.2, 0.25) is 0 Å². The predicted molar refractivity (Wildman–Crippen MR) is 55.4 cm³/mol. The monoisotopic (exact) mass is 206 g/mol. The molecule has 2 atom stereocenters. The summed E-state index contributed by atoms with van der Waals surface area (Å²) in [5.74, 6) is -0.0116. The van der Waals surface area contributed by atoms with E-state index in [9.17, 15) is 4.79 Å². The Morgan fingerprint density at radius 1 is 1.73 bits per heavy atom. The molecule has 0 aromatic carbocycles. The van der Waals surface area contributed by atoms with Crippen LogP contribution in [0.1, 0.15) is 17.9 Å². The number of likely N-dealkylation sites (N-methyl/N-ethyl adjacent to an activating group) is 1. The van der Waals surface area contributed by atoms with Crippen LogP contribution in [0.25, 0.3) is 0 Å². The van der Waals surface area contributed by atoms with Gasteiger partial charge in [0.2, 0.25) is 0 Å². The smallest absolute Gasteiger partial charge is 0.326 e. The van der Waals surface area contributed by atoms with Crippen LogP contribution in [0, 0.1) is 0 Å². The van der Waals surface area contributed by atoms with E-state index < -0.39 is 5.54 Å². The summed E-state index contributed by atoms with van der Waals surface area (Å²) in [5.41, 5.74) is 0.551. The van der Waals surface area contributed by atoms with Gasteiger partial charge in [-0.2, -0.15) is 0 Å². The van der Waals surface area contributed by atoms with E-state index in [-0.39, 0.29) is 11.9 Å². The predicted octanol–water partition coefficient (Wildman–Crippen LogP) is 0.700. The van der Waals surface area contributed by atoms with Crippen molar-refractivity contribution in [3.63, 3.8) is 0 Å². The number of hydrogen-bond donors (Lipinski definition) is 1. The van der Waals surface area contributed by atoms with Crippen LogP contribution < -0.4 is 5.32 Å². The number of esters is 1. The minimum atomic E-state index is -0.530. The number of aromatic nitrogens is 1. The van der Waals surface area contributed by atoms with Crippen molar-refractivity contribution in [3.8, 4) is 0 Å². The highest BCUT2D eigenvalue weighted by Crippen LogP contribution is 2.51. The van der Waals surface area contributed by atoms with E-state index in [4.69, 9.17) is 4.74 Å². The van der Waals surface area contributed by atoms with Crippen LogP contribution in [-0.2, 0) is 9.53 Å². The van der Waals surface area contributed by atoms with Gasteiger partial charge in [-0.3, -0.25) is 9.78 Å². The van der Waals surface area contributed by atoms with Crippen molar-refractivity contribution in [1.29, 1.82) is 0 Å². The Balaban J connectivity index is 2.20. The minimum Gasteiger partial charge on any atom is -0.468 e. The van der Waals surface area contributed by atoms with Gasteiger partial charge >= 0.3 is 5.97 Å². The van der Waals surface area contributed by atoms with Gasteiger partial charge in [0.1, 0.15) is 5.54 Å². The Hall–Kier alpha value is -1.42. The van der Waals surface area contributed by atoms with Crippen LogP contribution in [-0.4, -0.2) is 30.6 Å². The van der Waals surface area contributed by atoms with Gasteiger partial charge in [0.15, 0.2) is 0 Å². The lowest BCUT2D eigenvalue weighted by Gasteiger charge is -2.13. The van der Waals surface area contributed by atoms with Gasteiger partial charge in [0.05, 0.1) is 7.11 Å². The summed E-state index contributed by atoms with van der Waals surface area (Å²) in [6.07, 6.45) is 4.31. The van der Waals surface area contributed by atoms with Crippen molar-refractivity contribution < 1.29 is 9.53 Å². The molecule has 0 spiro atoms. The molecular formula is C11H14N2O2. The first-order valence-electron chi connectivity index (χ1n) is 4.92. The molecule has 0 radical (unpaired) electrons. The molecule has 1 N–H and O–H groups in total. The maximum absolute atomic E-state index is 11.6. The second-order valence-electron chi connectivity index (χ2n) is 3.76. The quantitative estimate of drug-likeness (QED) is 0.740. The molecule has 4 heteroatoms. The lowest BCUT2D eigenvalue weighted by atomic mass is 10.1. The first-order valence-corrected chi connectivity index (χ1v) is 4.92. The normalized spacial score (nSPS) is 28.5. The van der Waals surface area contributed by atoms with Crippen molar-refractivity contribution in [2.45, 2.75) is 17.9 Å². The molecule has 1 aliphatic carbocycles. The fourth-order valence-corrected chi connectivity index (χ4v) is 2.03. The second kappa shape index (κ2) is 3.62. The van der Waals surface area contributed by atoms with Crippen molar-refractivity contribution in [2.75, 3.05) is 14.2 Å². The Morgan fingerprint density at radius 2 is 2.53 bits per heavy atom. The van der Waals surface area contributed by atoms with Gasteiger partial charge < -0.3 is 10.1 Å². The molecule has 0 aliphatic heterocycles. The SMILES string of the molecule is CNC1(C(=O)OC)CC1c1cccnc1. The first-order chi connectivity index (χ1) is 7.24. The van der Waals surface area contributed by atoms with E-state index in [1.165, 1.54) is 7.11 Å². The number of rotatable bonds is 3. The van der Waals surface area contributed by atoms with Crippen molar-refractivity contribution in [1.82, 2.24) is 10.3 Å². The van der Waals surface area contributed by atoms with E-state index >= 15 is 0 Å². The maximum atomic E-state index is 11.6. The number of carbonyl (C=O) groups is 1. The molecule has 2 unspecified atom stereocenters. The molecule has 1 heterocycles. The molecule has 0 saturated heterocycles. The fraction of sp³-hybridized carbons (Fsp3) is 0.455. The Bertz CT molecular complexity index is 366. The molecule has 1 aromatic rings. The molecule has 4 nitrogen and oxygen atoms in total. The summed E-state index contributed by atoms with van der Waals surface area (Å²) >= 11 is 0. The van der Waals surface area contributed by atoms with Gasteiger partial charge in [-0.25, -0.2) is 0 Å². The minimum absolute atomic E-state index is 0.184. The topological polar surface area (TPSA) is 51.2 Å². The summed E-state index contributed by atoms with van der Waals surface area (Å²) in [7, 11) is 3.20. The average Bonchev–Trinajstić information content (AvgIpc) is 3.05. The third-order valence-corrected chi connectivity index (χ3v) is 3.04. The third-order valence-electron chi connectivity index (χ3n) is 3.04. The highest BCUT2D eigenvalue weighted by atomic mass is 16.5. The summed E-state index contributed by atoms with van der Waals surface area (Å²) in [4.78, 5) is 15.7.